The van der Waals surface area contributed by atoms with Gasteiger partial charge in [-0.25, -0.2) is 13.3 Å². The van der Waals surface area contributed by atoms with Gasteiger partial charge < -0.3 is 0 Å². The van der Waals surface area contributed by atoms with E-state index in [0.717, 1.165) is 18.2 Å². The van der Waals surface area contributed by atoms with Crippen molar-refractivity contribution in [2.45, 2.75) is 6.42 Å². The first kappa shape index (κ1) is 12.4. The minimum atomic E-state index is -0.700. The quantitative estimate of drug-likeness (QED) is 0.688. The number of carbonyl (C=O) groups excluding carboxylic acids is 1. The zero-order chi connectivity index (χ0) is 14.1. The summed E-state index contributed by atoms with van der Waals surface area (Å²) in [5.41, 5.74) is 1.23. The first-order chi connectivity index (χ1) is 9.63. The average Bonchev–Trinajstić information content (AvgIpc) is 2.81. The van der Waals surface area contributed by atoms with Gasteiger partial charge in [0.1, 0.15) is 11.6 Å². The highest BCUT2D eigenvalue weighted by molar-refractivity contribution is 6.03. The van der Waals surface area contributed by atoms with Crippen LogP contribution < -0.4 is 0 Å². The molecule has 0 fully saturated rings. The zero-order valence-electron chi connectivity index (χ0n) is 10.3. The second kappa shape index (κ2) is 4.80. The van der Waals surface area contributed by atoms with Gasteiger partial charge in [0.25, 0.3) is 0 Å². The van der Waals surface area contributed by atoms with Crippen molar-refractivity contribution in [3.05, 3.63) is 65.7 Å². The van der Waals surface area contributed by atoms with Crippen LogP contribution in [0.3, 0.4) is 0 Å². The van der Waals surface area contributed by atoms with E-state index in [2.05, 4.69) is 10.1 Å². The molecular weight excluding hydrogens is 264 g/mol. The van der Waals surface area contributed by atoms with Gasteiger partial charge in [-0.3, -0.25) is 9.78 Å². The summed E-state index contributed by atoms with van der Waals surface area (Å²) in [7, 11) is 0. The van der Waals surface area contributed by atoms with Crippen LogP contribution in [0.1, 0.15) is 15.9 Å². The van der Waals surface area contributed by atoms with Crippen LogP contribution in [0.2, 0.25) is 0 Å². The molecule has 0 aliphatic heterocycles. The number of hydrogen-bond donors (Lipinski definition) is 0. The lowest BCUT2D eigenvalue weighted by Crippen LogP contribution is -2.04. The van der Waals surface area contributed by atoms with E-state index < -0.39 is 11.6 Å². The summed E-state index contributed by atoms with van der Waals surface area (Å²) >= 11 is 0. The maximum absolute atomic E-state index is 13.1. The van der Waals surface area contributed by atoms with Crippen molar-refractivity contribution >= 4 is 11.3 Å². The minimum Gasteiger partial charge on any atom is -0.294 e. The molecule has 0 atom stereocenters. The molecule has 0 N–H and O–H groups in total. The predicted octanol–water partition coefficient (Wildman–Crippen LogP) is 2.43. The molecule has 0 aliphatic carbocycles. The van der Waals surface area contributed by atoms with Crippen molar-refractivity contribution in [2.24, 2.45) is 0 Å². The molecular formula is C14H9F2N3O. The Labute approximate surface area is 112 Å². The molecule has 0 saturated heterocycles. The number of benzene rings is 1. The Balaban J connectivity index is 1.93. The standard InChI is InChI=1S/C14H9F2N3O/c15-10-3-9(4-11(16)6-10)5-14(20)12-7-18-19-2-1-17-8-13(12)19/h1-4,6-8H,5H2. The van der Waals surface area contributed by atoms with Gasteiger partial charge in [0, 0.05) is 24.9 Å². The molecule has 2 aromatic heterocycles. The van der Waals surface area contributed by atoms with Crippen LogP contribution in [-0.4, -0.2) is 20.4 Å². The van der Waals surface area contributed by atoms with Crippen molar-refractivity contribution in [3.8, 4) is 0 Å². The van der Waals surface area contributed by atoms with E-state index in [9.17, 15) is 13.6 Å². The average molecular weight is 273 g/mol. The monoisotopic (exact) mass is 273 g/mol. The number of fused-ring (bicyclic) bond motifs is 1. The van der Waals surface area contributed by atoms with Gasteiger partial charge >= 0.3 is 0 Å². The van der Waals surface area contributed by atoms with Crippen molar-refractivity contribution < 1.29 is 13.6 Å². The second-order valence-electron chi connectivity index (χ2n) is 4.34. The largest absolute Gasteiger partial charge is 0.294 e. The smallest absolute Gasteiger partial charge is 0.171 e. The molecule has 100 valence electrons. The lowest BCUT2D eigenvalue weighted by molar-refractivity contribution is 0.0994. The van der Waals surface area contributed by atoms with Crippen LogP contribution in [0.15, 0.2) is 43.0 Å². The normalized spacial score (nSPS) is 10.9. The fourth-order valence-corrected chi connectivity index (χ4v) is 2.04. The van der Waals surface area contributed by atoms with Gasteiger partial charge in [-0.05, 0) is 17.7 Å². The van der Waals surface area contributed by atoms with Crippen LogP contribution in [-0.2, 0) is 6.42 Å². The Morgan fingerprint density at radius 3 is 2.65 bits per heavy atom. The summed E-state index contributed by atoms with van der Waals surface area (Å²) in [6.45, 7) is 0. The Hall–Kier alpha value is -2.63. The predicted molar refractivity (Wildman–Crippen MR) is 67.4 cm³/mol. The van der Waals surface area contributed by atoms with E-state index in [1.165, 1.54) is 16.9 Å². The Bertz CT molecular complexity index is 778. The molecule has 0 radical (unpaired) electrons. The third-order valence-electron chi connectivity index (χ3n) is 2.91. The van der Waals surface area contributed by atoms with Crippen LogP contribution in [0.4, 0.5) is 8.78 Å². The third kappa shape index (κ3) is 2.27. The fraction of sp³-hybridized carbons (Fsp3) is 0.0714. The SMILES string of the molecule is O=C(Cc1cc(F)cc(F)c1)c1cnn2ccncc12. The van der Waals surface area contributed by atoms with E-state index in [0.29, 0.717) is 11.1 Å². The Kier molecular flexibility index (Phi) is 2.98. The van der Waals surface area contributed by atoms with Crippen LogP contribution in [0.5, 0.6) is 0 Å². The first-order valence-corrected chi connectivity index (χ1v) is 5.89. The maximum atomic E-state index is 13.1. The summed E-state index contributed by atoms with van der Waals surface area (Å²) in [5, 5.41) is 4.02. The molecule has 2 heterocycles. The number of rotatable bonds is 3. The number of nitrogens with zero attached hydrogens (tertiary/aromatic N) is 3. The van der Waals surface area contributed by atoms with Gasteiger partial charge in [0.2, 0.25) is 0 Å². The lowest BCUT2D eigenvalue weighted by Gasteiger charge is -2.01. The molecule has 1 aromatic carbocycles. The molecule has 3 rings (SSSR count). The molecule has 6 heteroatoms. The molecule has 0 saturated carbocycles. The summed E-state index contributed by atoms with van der Waals surface area (Å²) in [5.74, 6) is -1.67. The number of Topliss-reactive ketones (excluding diaryl/α,β-unsaturated/α-hetero) is 1. The summed E-state index contributed by atoms with van der Waals surface area (Å²) in [6.07, 6.45) is 6.02. The van der Waals surface area contributed by atoms with E-state index in [4.69, 9.17) is 0 Å². The minimum absolute atomic E-state index is 0.0923. The number of halogens is 2. The van der Waals surface area contributed by atoms with Crippen molar-refractivity contribution in [1.82, 2.24) is 14.6 Å². The fourth-order valence-electron chi connectivity index (χ4n) is 2.04. The molecule has 0 unspecified atom stereocenters. The maximum Gasteiger partial charge on any atom is 0.171 e. The van der Waals surface area contributed by atoms with Gasteiger partial charge in [-0.15, -0.1) is 0 Å². The topological polar surface area (TPSA) is 47.3 Å². The number of hydrogen-bond acceptors (Lipinski definition) is 3. The van der Waals surface area contributed by atoms with E-state index in [-0.39, 0.29) is 17.8 Å². The molecule has 0 spiro atoms. The molecule has 3 aromatic rings. The molecule has 20 heavy (non-hydrogen) atoms. The molecule has 0 amide bonds. The zero-order valence-corrected chi connectivity index (χ0v) is 10.3. The Morgan fingerprint density at radius 2 is 1.90 bits per heavy atom. The van der Waals surface area contributed by atoms with Crippen LogP contribution >= 0.6 is 0 Å². The highest BCUT2D eigenvalue weighted by Crippen LogP contribution is 2.14. The van der Waals surface area contributed by atoms with Gasteiger partial charge in [0.05, 0.1) is 23.5 Å². The summed E-state index contributed by atoms with van der Waals surface area (Å²) < 4.78 is 27.7. The highest BCUT2D eigenvalue weighted by Gasteiger charge is 2.14. The van der Waals surface area contributed by atoms with E-state index in [1.54, 1.807) is 12.4 Å². The van der Waals surface area contributed by atoms with Crippen LogP contribution in [0.25, 0.3) is 5.52 Å². The first-order valence-electron chi connectivity index (χ1n) is 5.89. The summed E-state index contributed by atoms with van der Waals surface area (Å²) in [6, 6.07) is 3.06. The number of aromatic nitrogens is 3. The lowest BCUT2D eigenvalue weighted by atomic mass is 10.0. The highest BCUT2D eigenvalue weighted by atomic mass is 19.1. The van der Waals surface area contributed by atoms with Crippen molar-refractivity contribution in [2.75, 3.05) is 0 Å². The number of ketones is 1. The van der Waals surface area contributed by atoms with E-state index >= 15 is 0 Å². The molecule has 4 nitrogen and oxygen atoms in total. The third-order valence-corrected chi connectivity index (χ3v) is 2.91. The van der Waals surface area contributed by atoms with Crippen LogP contribution in [0, 0.1) is 11.6 Å². The summed E-state index contributed by atoms with van der Waals surface area (Å²) in [4.78, 5) is 16.1. The van der Waals surface area contributed by atoms with Gasteiger partial charge in [-0.1, -0.05) is 0 Å². The Morgan fingerprint density at radius 1 is 1.15 bits per heavy atom. The number of carbonyl (C=O) groups is 1. The van der Waals surface area contributed by atoms with Gasteiger partial charge in [0.15, 0.2) is 5.78 Å². The van der Waals surface area contributed by atoms with E-state index in [1.807, 2.05) is 0 Å². The second-order valence-corrected chi connectivity index (χ2v) is 4.34. The van der Waals surface area contributed by atoms with Crippen molar-refractivity contribution in [3.63, 3.8) is 0 Å². The molecule has 0 bridgehead atoms. The molecule has 0 aliphatic rings. The van der Waals surface area contributed by atoms with Gasteiger partial charge in [-0.2, -0.15) is 5.10 Å². The van der Waals surface area contributed by atoms with Crippen molar-refractivity contribution in [1.29, 1.82) is 0 Å².